The van der Waals surface area contributed by atoms with Gasteiger partial charge in [0.1, 0.15) is 11.5 Å². The molecule has 0 saturated heterocycles. The predicted molar refractivity (Wildman–Crippen MR) is 104 cm³/mol. The van der Waals surface area contributed by atoms with E-state index >= 15 is 0 Å². The molecule has 2 atom stereocenters. The summed E-state index contributed by atoms with van der Waals surface area (Å²) in [7, 11) is 0. The van der Waals surface area contributed by atoms with E-state index < -0.39 is 4.92 Å². The van der Waals surface area contributed by atoms with Crippen molar-refractivity contribution in [1.29, 1.82) is 0 Å². The van der Waals surface area contributed by atoms with Gasteiger partial charge in [-0.15, -0.1) is 0 Å². The first-order valence-corrected chi connectivity index (χ1v) is 8.85. The summed E-state index contributed by atoms with van der Waals surface area (Å²) in [6, 6.07) is 19.6. The first-order valence-electron chi connectivity index (χ1n) is 8.85. The number of hydrogen-bond acceptors (Lipinski definition) is 5. The molecule has 7 nitrogen and oxygen atoms in total. The highest BCUT2D eigenvalue weighted by Gasteiger charge is 2.43. The molecule has 28 heavy (non-hydrogen) atoms. The maximum atomic E-state index is 12.2. The Labute approximate surface area is 160 Å². The molecule has 1 N–H and O–H groups in total. The van der Waals surface area contributed by atoms with Crippen LogP contribution in [0.2, 0.25) is 0 Å². The number of carbonyl (C=O) groups excluding carboxylic acids is 1. The van der Waals surface area contributed by atoms with E-state index in [-0.39, 0.29) is 23.4 Å². The monoisotopic (exact) mass is 375 g/mol. The third-order valence-electron chi connectivity index (χ3n) is 4.71. The lowest BCUT2D eigenvalue weighted by Crippen LogP contribution is -2.20. The van der Waals surface area contributed by atoms with Gasteiger partial charge in [-0.1, -0.05) is 42.5 Å². The molecule has 7 heteroatoms. The molecule has 0 radical (unpaired) electrons. The SMILES string of the molecule is O=C(N/N=C\c1ccc(-c2ccccc2[N+](=O)[O-])o1)[C@H]1C[C@@H]1c1ccccc1. The molecule has 1 saturated carbocycles. The van der Waals surface area contributed by atoms with Gasteiger partial charge in [0, 0.05) is 12.0 Å². The third-order valence-corrected chi connectivity index (χ3v) is 4.71. The highest BCUT2D eigenvalue weighted by molar-refractivity contribution is 5.85. The van der Waals surface area contributed by atoms with Crippen LogP contribution in [-0.2, 0) is 4.79 Å². The molecule has 0 unspecified atom stereocenters. The molecule has 1 heterocycles. The van der Waals surface area contributed by atoms with Crippen molar-refractivity contribution in [2.75, 3.05) is 0 Å². The van der Waals surface area contributed by atoms with Gasteiger partial charge in [-0.05, 0) is 36.1 Å². The summed E-state index contributed by atoms with van der Waals surface area (Å²) in [6.07, 6.45) is 2.20. The quantitative estimate of drug-likeness (QED) is 0.398. The Morgan fingerprint density at radius 3 is 2.64 bits per heavy atom. The van der Waals surface area contributed by atoms with Crippen LogP contribution in [0, 0.1) is 16.0 Å². The number of nitro benzene ring substituents is 1. The van der Waals surface area contributed by atoms with Crippen molar-refractivity contribution in [2.45, 2.75) is 12.3 Å². The average Bonchev–Trinajstić information content (AvgIpc) is 3.39. The number of hydrogen-bond donors (Lipinski definition) is 1. The Bertz CT molecular complexity index is 1040. The average molecular weight is 375 g/mol. The fraction of sp³-hybridized carbons (Fsp3) is 0.143. The van der Waals surface area contributed by atoms with Crippen molar-refractivity contribution >= 4 is 17.8 Å². The van der Waals surface area contributed by atoms with Crippen LogP contribution in [0.1, 0.15) is 23.7 Å². The first kappa shape index (κ1) is 17.7. The number of furan rings is 1. The Kier molecular flexibility index (Phi) is 4.72. The summed E-state index contributed by atoms with van der Waals surface area (Å²) >= 11 is 0. The zero-order valence-electron chi connectivity index (χ0n) is 14.8. The number of nitro groups is 1. The largest absolute Gasteiger partial charge is 0.455 e. The Hall–Kier alpha value is -3.74. The molecule has 1 fully saturated rings. The topological polar surface area (TPSA) is 97.7 Å². The van der Waals surface area contributed by atoms with E-state index in [4.69, 9.17) is 4.42 Å². The van der Waals surface area contributed by atoms with Gasteiger partial charge in [-0.2, -0.15) is 5.10 Å². The number of nitrogens with one attached hydrogen (secondary N) is 1. The smallest absolute Gasteiger partial charge is 0.280 e. The number of nitrogens with zero attached hydrogens (tertiary/aromatic N) is 2. The molecular weight excluding hydrogens is 358 g/mol. The maximum Gasteiger partial charge on any atom is 0.280 e. The van der Waals surface area contributed by atoms with Crippen LogP contribution in [0.3, 0.4) is 0 Å². The molecule has 1 aliphatic carbocycles. The maximum absolute atomic E-state index is 12.2. The Morgan fingerprint density at radius 1 is 1.11 bits per heavy atom. The van der Waals surface area contributed by atoms with E-state index in [0.717, 1.165) is 12.0 Å². The summed E-state index contributed by atoms with van der Waals surface area (Å²) in [4.78, 5) is 22.9. The zero-order chi connectivity index (χ0) is 19.5. The number of rotatable bonds is 6. The fourth-order valence-electron chi connectivity index (χ4n) is 3.20. The Morgan fingerprint density at radius 2 is 1.86 bits per heavy atom. The molecule has 0 aliphatic heterocycles. The second kappa shape index (κ2) is 7.48. The molecule has 1 aromatic heterocycles. The Balaban J connectivity index is 1.38. The normalized spacial score (nSPS) is 18.1. The highest BCUT2D eigenvalue weighted by atomic mass is 16.6. The molecule has 140 valence electrons. The number of para-hydroxylation sites is 1. The lowest BCUT2D eigenvalue weighted by atomic mass is 10.1. The molecule has 0 bridgehead atoms. The van der Waals surface area contributed by atoms with Crippen LogP contribution in [0.25, 0.3) is 11.3 Å². The van der Waals surface area contributed by atoms with Crippen molar-refractivity contribution < 1.29 is 14.1 Å². The van der Waals surface area contributed by atoms with Gasteiger partial charge >= 0.3 is 0 Å². The van der Waals surface area contributed by atoms with Gasteiger partial charge < -0.3 is 4.42 Å². The van der Waals surface area contributed by atoms with Crippen molar-refractivity contribution in [2.24, 2.45) is 11.0 Å². The zero-order valence-corrected chi connectivity index (χ0v) is 14.8. The summed E-state index contributed by atoms with van der Waals surface area (Å²) in [5.74, 6) is 0.801. The summed E-state index contributed by atoms with van der Waals surface area (Å²) in [5.41, 5.74) is 4.05. The van der Waals surface area contributed by atoms with Crippen molar-refractivity contribution in [3.05, 3.63) is 88.2 Å². The van der Waals surface area contributed by atoms with Crippen LogP contribution in [-0.4, -0.2) is 17.0 Å². The number of benzene rings is 2. The standard InChI is InChI=1S/C21H17N3O4/c25-21(18-12-17(18)14-6-2-1-3-7-14)23-22-13-15-10-11-20(28-15)16-8-4-5-9-19(16)24(26)27/h1-11,13,17-18H,12H2,(H,23,25)/b22-13-/t17-,18+/m1/s1. The minimum absolute atomic E-state index is 0.0330. The van der Waals surface area contributed by atoms with E-state index in [0.29, 0.717) is 17.1 Å². The van der Waals surface area contributed by atoms with Gasteiger partial charge in [0.2, 0.25) is 5.91 Å². The van der Waals surface area contributed by atoms with Crippen LogP contribution >= 0.6 is 0 Å². The molecule has 1 amide bonds. The van der Waals surface area contributed by atoms with Gasteiger partial charge in [0.25, 0.3) is 5.69 Å². The molecule has 4 rings (SSSR count). The van der Waals surface area contributed by atoms with Crippen LogP contribution < -0.4 is 5.43 Å². The third kappa shape index (κ3) is 3.68. The van der Waals surface area contributed by atoms with Crippen molar-refractivity contribution in [1.82, 2.24) is 5.43 Å². The lowest BCUT2D eigenvalue weighted by Gasteiger charge is -2.00. The van der Waals surface area contributed by atoms with E-state index in [1.807, 2.05) is 30.3 Å². The second-order valence-electron chi connectivity index (χ2n) is 6.57. The van der Waals surface area contributed by atoms with Gasteiger partial charge in [-0.3, -0.25) is 14.9 Å². The number of hydrazone groups is 1. The molecule has 0 spiro atoms. The number of amides is 1. The van der Waals surface area contributed by atoms with E-state index in [1.165, 1.54) is 12.3 Å². The minimum Gasteiger partial charge on any atom is -0.455 e. The molecule has 2 aromatic carbocycles. The van der Waals surface area contributed by atoms with Gasteiger partial charge in [0.15, 0.2) is 0 Å². The molecule has 3 aromatic rings. The van der Waals surface area contributed by atoms with Crippen LogP contribution in [0.4, 0.5) is 5.69 Å². The molecular formula is C21H17N3O4. The van der Waals surface area contributed by atoms with E-state index in [9.17, 15) is 14.9 Å². The van der Waals surface area contributed by atoms with Crippen molar-refractivity contribution in [3.63, 3.8) is 0 Å². The van der Waals surface area contributed by atoms with E-state index in [2.05, 4.69) is 10.5 Å². The second-order valence-corrected chi connectivity index (χ2v) is 6.57. The van der Waals surface area contributed by atoms with Crippen LogP contribution in [0.15, 0.2) is 76.2 Å². The molecule has 1 aliphatic rings. The van der Waals surface area contributed by atoms with E-state index in [1.54, 1.807) is 30.3 Å². The number of carbonyl (C=O) groups is 1. The fourth-order valence-corrected chi connectivity index (χ4v) is 3.20. The first-order chi connectivity index (χ1) is 13.6. The summed E-state index contributed by atoms with van der Waals surface area (Å²) in [6.45, 7) is 0. The summed E-state index contributed by atoms with van der Waals surface area (Å²) < 4.78 is 5.60. The summed E-state index contributed by atoms with van der Waals surface area (Å²) in [5, 5.41) is 15.1. The highest BCUT2D eigenvalue weighted by Crippen LogP contribution is 2.47. The lowest BCUT2D eigenvalue weighted by molar-refractivity contribution is -0.384. The van der Waals surface area contributed by atoms with Crippen LogP contribution in [0.5, 0.6) is 0 Å². The minimum atomic E-state index is -0.454. The van der Waals surface area contributed by atoms with Crippen molar-refractivity contribution in [3.8, 4) is 11.3 Å². The predicted octanol–water partition coefficient (Wildman–Crippen LogP) is 4.11. The van der Waals surface area contributed by atoms with Gasteiger partial charge in [-0.25, -0.2) is 5.43 Å². The van der Waals surface area contributed by atoms with Gasteiger partial charge in [0.05, 0.1) is 16.7 Å².